The molecule has 0 heterocycles. The summed E-state index contributed by atoms with van der Waals surface area (Å²) < 4.78 is 11.0. The van der Waals surface area contributed by atoms with E-state index in [-0.39, 0.29) is 0 Å². The molecule has 0 radical (unpaired) electrons. The van der Waals surface area contributed by atoms with Gasteiger partial charge in [-0.1, -0.05) is 13.8 Å². The Labute approximate surface area is 97.8 Å². The van der Waals surface area contributed by atoms with Gasteiger partial charge in [-0.15, -0.1) is 0 Å². The Balaban J connectivity index is 2.27. The minimum atomic E-state index is 0.697. The lowest BCUT2D eigenvalue weighted by molar-refractivity contribution is 0.308. The number of rotatable bonds is 8. The van der Waals surface area contributed by atoms with Crippen molar-refractivity contribution in [2.75, 3.05) is 26.3 Å². The van der Waals surface area contributed by atoms with Crippen molar-refractivity contribution >= 4 is 0 Å². The van der Waals surface area contributed by atoms with Crippen molar-refractivity contribution in [2.45, 2.75) is 20.3 Å². The van der Waals surface area contributed by atoms with Crippen molar-refractivity contribution in [3.63, 3.8) is 0 Å². The zero-order valence-electron chi connectivity index (χ0n) is 10.2. The Hall–Kier alpha value is -1.22. The third-order valence-corrected chi connectivity index (χ3v) is 2.09. The van der Waals surface area contributed by atoms with E-state index in [9.17, 15) is 0 Å². The average molecular weight is 223 g/mol. The van der Waals surface area contributed by atoms with Crippen molar-refractivity contribution in [1.82, 2.24) is 5.32 Å². The summed E-state index contributed by atoms with van der Waals surface area (Å²) in [4.78, 5) is 0. The highest BCUT2D eigenvalue weighted by atomic mass is 16.5. The molecule has 0 aromatic heterocycles. The number of nitrogens with one attached hydrogen (secondary N) is 1. The summed E-state index contributed by atoms with van der Waals surface area (Å²) >= 11 is 0. The number of likely N-dealkylation sites (N-methyl/N-ethyl adjacent to an activating group) is 1. The topological polar surface area (TPSA) is 30.5 Å². The van der Waals surface area contributed by atoms with Crippen LogP contribution in [0, 0.1) is 0 Å². The second-order valence-electron chi connectivity index (χ2n) is 3.52. The van der Waals surface area contributed by atoms with Gasteiger partial charge in [0.2, 0.25) is 0 Å². The molecule has 1 N–H and O–H groups in total. The molecule has 1 aromatic rings. The van der Waals surface area contributed by atoms with E-state index in [0.29, 0.717) is 6.61 Å². The van der Waals surface area contributed by atoms with E-state index in [1.54, 1.807) is 0 Å². The van der Waals surface area contributed by atoms with Crippen LogP contribution in [0.15, 0.2) is 24.3 Å². The molecule has 0 aliphatic carbocycles. The van der Waals surface area contributed by atoms with E-state index in [4.69, 9.17) is 9.47 Å². The summed E-state index contributed by atoms with van der Waals surface area (Å²) in [5, 5.41) is 3.21. The molecule has 0 amide bonds. The second kappa shape index (κ2) is 7.99. The first kappa shape index (κ1) is 12.8. The van der Waals surface area contributed by atoms with Crippen LogP contribution in [0.4, 0.5) is 0 Å². The fourth-order valence-corrected chi connectivity index (χ4v) is 1.27. The summed E-state index contributed by atoms with van der Waals surface area (Å²) in [7, 11) is 0. The summed E-state index contributed by atoms with van der Waals surface area (Å²) in [5.74, 6) is 1.79. The highest BCUT2D eigenvalue weighted by molar-refractivity contribution is 5.31. The van der Waals surface area contributed by atoms with Crippen molar-refractivity contribution in [3.05, 3.63) is 24.3 Å². The van der Waals surface area contributed by atoms with Crippen molar-refractivity contribution in [2.24, 2.45) is 0 Å². The van der Waals surface area contributed by atoms with Crippen LogP contribution < -0.4 is 14.8 Å². The maximum Gasteiger partial charge on any atom is 0.119 e. The molecule has 0 spiro atoms. The molecule has 0 unspecified atom stereocenters. The molecule has 3 heteroatoms. The number of benzene rings is 1. The van der Waals surface area contributed by atoms with Crippen LogP contribution in [0.3, 0.4) is 0 Å². The molecular formula is C13H21NO2. The monoisotopic (exact) mass is 223 g/mol. The Morgan fingerprint density at radius 2 is 1.50 bits per heavy atom. The maximum atomic E-state index is 5.55. The van der Waals surface area contributed by atoms with E-state index in [1.165, 1.54) is 0 Å². The Morgan fingerprint density at radius 1 is 0.938 bits per heavy atom. The molecular weight excluding hydrogens is 202 g/mol. The van der Waals surface area contributed by atoms with E-state index < -0.39 is 0 Å². The predicted octanol–water partition coefficient (Wildman–Crippen LogP) is 2.46. The molecule has 1 rings (SSSR count). The Kier molecular flexibility index (Phi) is 6.42. The first-order chi connectivity index (χ1) is 7.86. The standard InChI is InChI=1S/C13H21NO2/c1-3-10-15-12-5-7-13(8-6-12)16-11-9-14-4-2/h5-8,14H,3-4,9-11H2,1-2H3. The van der Waals surface area contributed by atoms with Gasteiger partial charge in [0, 0.05) is 6.54 Å². The van der Waals surface area contributed by atoms with Gasteiger partial charge in [-0.05, 0) is 37.2 Å². The minimum Gasteiger partial charge on any atom is -0.494 e. The molecule has 0 saturated carbocycles. The highest BCUT2D eigenvalue weighted by Crippen LogP contribution is 2.17. The lowest BCUT2D eigenvalue weighted by Crippen LogP contribution is -2.20. The van der Waals surface area contributed by atoms with Crippen molar-refractivity contribution < 1.29 is 9.47 Å². The molecule has 3 nitrogen and oxygen atoms in total. The van der Waals surface area contributed by atoms with Crippen LogP contribution in [0.25, 0.3) is 0 Å². The molecule has 0 saturated heterocycles. The lowest BCUT2D eigenvalue weighted by Gasteiger charge is -2.08. The summed E-state index contributed by atoms with van der Waals surface area (Å²) in [6, 6.07) is 7.77. The maximum absolute atomic E-state index is 5.55. The summed E-state index contributed by atoms with van der Waals surface area (Å²) in [6.45, 7) is 7.50. The number of hydrogen-bond donors (Lipinski definition) is 1. The molecule has 1 aromatic carbocycles. The normalized spacial score (nSPS) is 10.1. The van der Waals surface area contributed by atoms with E-state index >= 15 is 0 Å². The fourth-order valence-electron chi connectivity index (χ4n) is 1.27. The predicted molar refractivity (Wildman–Crippen MR) is 66.3 cm³/mol. The number of hydrogen-bond acceptors (Lipinski definition) is 3. The third kappa shape index (κ3) is 5.03. The Bertz CT molecular complexity index is 272. The quantitative estimate of drug-likeness (QED) is 0.687. The van der Waals surface area contributed by atoms with Crippen LogP contribution in [0.2, 0.25) is 0 Å². The fraction of sp³-hybridized carbons (Fsp3) is 0.538. The highest BCUT2D eigenvalue weighted by Gasteiger charge is 1.95. The van der Waals surface area contributed by atoms with Gasteiger partial charge in [0.1, 0.15) is 18.1 Å². The first-order valence-corrected chi connectivity index (χ1v) is 5.93. The van der Waals surface area contributed by atoms with Crippen molar-refractivity contribution in [1.29, 1.82) is 0 Å². The van der Waals surface area contributed by atoms with E-state index in [2.05, 4.69) is 19.2 Å². The third-order valence-electron chi connectivity index (χ3n) is 2.09. The van der Waals surface area contributed by atoms with Gasteiger partial charge in [-0.25, -0.2) is 0 Å². The van der Waals surface area contributed by atoms with Gasteiger partial charge in [0.25, 0.3) is 0 Å². The lowest BCUT2D eigenvalue weighted by atomic mass is 10.3. The van der Waals surface area contributed by atoms with Gasteiger partial charge in [-0.3, -0.25) is 0 Å². The van der Waals surface area contributed by atoms with Gasteiger partial charge in [-0.2, -0.15) is 0 Å². The van der Waals surface area contributed by atoms with Gasteiger partial charge >= 0.3 is 0 Å². The van der Waals surface area contributed by atoms with Crippen LogP contribution >= 0.6 is 0 Å². The molecule has 0 aliphatic rings. The van der Waals surface area contributed by atoms with Gasteiger partial charge in [0.15, 0.2) is 0 Å². The van der Waals surface area contributed by atoms with Crippen LogP contribution in [-0.4, -0.2) is 26.3 Å². The first-order valence-electron chi connectivity index (χ1n) is 5.93. The van der Waals surface area contributed by atoms with Crippen LogP contribution in [-0.2, 0) is 0 Å². The van der Waals surface area contributed by atoms with Gasteiger partial charge in [0.05, 0.1) is 6.61 Å². The van der Waals surface area contributed by atoms with E-state index in [1.807, 2.05) is 24.3 Å². The van der Waals surface area contributed by atoms with Gasteiger partial charge < -0.3 is 14.8 Å². The minimum absolute atomic E-state index is 0.697. The summed E-state index contributed by atoms with van der Waals surface area (Å²) in [6.07, 6.45) is 1.03. The Morgan fingerprint density at radius 3 is 2.00 bits per heavy atom. The number of ether oxygens (including phenoxy) is 2. The molecule has 0 atom stereocenters. The smallest absolute Gasteiger partial charge is 0.119 e. The molecule has 0 bridgehead atoms. The summed E-state index contributed by atoms with van der Waals surface area (Å²) in [5.41, 5.74) is 0. The van der Waals surface area contributed by atoms with E-state index in [0.717, 1.165) is 37.6 Å². The molecule has 16 heavy (non-hydrogen) atoms. The SMILES string of the molecule is CCCOc1ccc(OCCNCC)cc1. The second-order valence-corrected chi connectivity index (χ2v) is 3.52. The molecule has 90 valence electrons. The largest absolute Gasteiger partial charge is 0.494 e. The molecule has 0 fully saturated rings. The zero-order valence-corrected chi connectivity index (χ0v) is 10.2. The van der Waals surface area contributed by atoms with Crippen LogP contribution in [0.5, 0.6) is 11.5 Å². The zero-order chi connectivity index (χ0) is 11.6. The van der Waals surface area contributed by atoms with Crippen molar-refractivity contribution in [3.8, 4) is 11.5 Å². The van der Waals surface area contributed by atoms with Crippen LogP contribution in [0.1, 0.15) is 20.3 Å². The molecule has 0 aliphatic heterocycles. The average Bonchev–Trinajstić information content (AvgIpc) is 2.33.